The van der Waals surface area contributed by atoms with Crippen molar-refractivity contribution in [2.24, 2.45) is 0 Å². The molecule has 0 spiro atoms. The topological polar surface area (TPSA) is 76.7 Å². The highest BCUT2D eigenvalue weighted by atomic mass is 16.5. The van der Waals surface area contributed by atoms with Crippen molar-refractivity contribution in [3.63, 3.8) is 0 Å². The van der Waals surface area contributed by atoms with Crippen LogP contribution in [0.1, 0.15) is 25.0 Å². The molecule has 4 rings (SSSR count). The van der Waals surface area contributed by atoms with Crippen LogP contribution in [-0.2, 0) is 22.4 Å². The fourth-order valence-corrected chi connectivity index (χ4v) is 4.39. The molecule has 0 heterocycles. The number of hydrogen-bond donors (Lipinski definition) is 2. The molecule has 2 amide bonds. The quantitative estimate of drug-likeness (QED) is 0.300. The van der Waals surface area contributed by atoms with Gasteiger partial charge in [-0.15, -0.1) is 0 Å². The molecule has 4 aromatic carbocycles. The van der Waals surface area contributed by atoms with Crippen molar-refractivity contribution in [1.82, 2.24) is 10.6 Å². The van der Waals surface area contributed by atoms with Crippen LogP contribution in [0, 0.1) is 0 Å². The summed E-state index contributed by atoms with van der Waals surface area (Å²) in [6, 6.07) is 24.5. The fourth-order valence-electron chi connectivity index (χ4n) is 4.39. The highest BCUT2D eigenvalue weighted by Gasteiger charge is 2.09. The van der Waals surface area contributed by atoms with Gasteiger partial charge in [-0.1, -0.05) is 54.6 Å². The lowest BCUT2D eigenvalue weighted by molar-refractivity contribution is -0.119. The minimum Gasteiger partial charge on any atom is -0.490 e. The lowest BCUT2D eigenvalue weighted by Gasteiger charge is -2.14. The summed E-state index contributed by atoms with van der Waals surface area (Å²) in [5.74, 6) is 1.54. The van der Waals surface area contributed by atoms with E-state index in [0.29, 0.717) is 26.3 Å². The smallest absolute Gasteiger partial charge is 0.216 e. The molecule has 0 aliphatic heterocycles. The molecule has 2 N–H and O–H groups in total. The lowest BCUT2D eigenvalue weighted by atomic mass is 10.0. The van der Waals surface area contributed by atoms with Crippen molar-refractivity contribution in [2.45, 2.75) is 26.7 Å². The number of ether oxygens (including phenoxy) is 2. The Balaban J connectivity index is 1.40. The van der Waals surface area contributed by atoms with Crippen molar-refractivity contribution < 1.29 is 19.1 Å². The summed E-state index contributed by atoms with van der Waals surface area (Å²) < 4.78 is 12.2. The van der Waals surface area contributed by atoms with E-state index in [1.54, 1.807) is 0 Å². The van der Waals surface area contributed by atoms with Crippen LogP contribution in [-0.4, -0.2) is 38.1 Å². The maximum Gasteiger partial charge on any atom is 0.216 e. The van der Waals surface area contributed by atoms with Crippen molar-refractivity contribution in [3.8, 4) is 11.5 Å². The Bertz CT molecular complexity index is 1360. The minimum absolute atomic E-state index is 0.0229. The van der Waals surface area contributed by atoms with E-state index < -0.39 is 0 Å². The van der Waals surface area contributed by atoms with E-state index in [-0.39, 0.29) is 11.8 Å². The molecule has 0 saturated heterocycles. The first-order valence-electron chi connectivity index (χ1n) is 12.3. The van der Waals surface area contributed by atoms with E-state index in [9.17, 15) is 9.59 Å². The van der Waals surface area contributed by atoms with Gasteiger partial charge in [0.25, 0.3) is 0 Å². The first kappa shape index (κ1) is 25.0. The van der Waals surface area contributed by atoms with Crippen LogP contribution in [0.15, 0.2) is 72.8 Å². The number of nitrogens with one attached hydrogen (secondary N) is 2. The van der Waals surface area contributed by atoms with Crippen LogP contribution in [0.5, 0.6) is 11.5 Å². The SMILES string of the molecule is CC(=O)NCCc1cccc2ccc(OCCOc3cccc4cccc(CCNC(C)=O)c34)cc12. The van der Waals surface area contributed by atoms with Crippen LogP contribution in [0.3, 0.4) is 0 Å². The van der Waals surface area contributed by atoms with Crippen molar-refractivity contribution >= 4 is 33.4 Å². The summed E-state index contributed by atoms with van der Waals surface area (Å²) in [4.78, 5) is 22.5. The van der Waals surface area contributed by atoms with Crippen molar-refractivity contribution in [3.05, 3.63) is 83.9 Å². The zero-order valence-corrected chi connectivity index (χ0v) is 20.8. The first-order chi connectivity index (χ1) is 17.5. The highest BCUT2D eigenvalue weighted by molar-refractivity contribution is 5.91. The van der Waals surface area contributed by atoms with Gasteiger partial charge in [0.1, 0.15) is 24.7 Å². The third-order valence-electron chi connectivity index (χ3n) is 6.04. The second-order valence-corrected chi connectivity index (χ2v) is 8.73. The Morgan fingerprint density at radius 3 is 2.03 bits per heavy atom. The van der Waals surface area contributed by atoms with Crippen LogP contribution in [0.4, 0.5) is 0 Å². The molecule has 0 aliphatic carbocycles. The van der Waals surface area contributed by atoms with Gasteiger partial charge in [-0.05, 0) is 58.3 Å². The number of carbonyl (C=O) groups is 2. The van der Waals surface area contributed by atoms with Gasteiger partial charge in [0.05, 0.1) is 0 Å². The number of hydrogen-bond acceptors (Lipinski definition) is 4. The number of benzene rings is 4. The zero-order valence-electron chi connectivity index (χ0n) is 20.8. The van der Waals surface area contributed by atoms with Gasteiger partial charge in [0.2, 0.25) is 11.8 Å². The monoisotopic (exact) mass is 484 g/mol. The fraction of sp³-hybridized carbons (Fsp3) is 0.267. The summed E-state index contributed by atoms with van der Waals surface area (Å²) in [5.41, 5.74) is 2.31. The van der Waals surface area contributed by atoms with Crippen LogP contribution < -0.4 is 20.1 Å². The Hall–Kier alpha value is -4.06. The molecule has 0 fully saturated rings. The first-order valence-corrected chi connectivity index (χ1v) is 12.3. The van der Waals surface area contributed by atoms with Crippen molar-refractivity contribution in [2.75, 3.05) is 26.3 Å². The van der Waals surface area contributed by atoms with Crippen molar-refractivity contribution in [1.29, 1.82) is 0 Å². The normalized spacial score (nSPS) is 10.8. The molecular formula is C30H32N2O4. The molecule has 0 radical (unpaired) electrons. The van der Waals surface area contributed by atoms with E-state index in [0.717, 1.165) is 51.4 Å². The summed E-state index contributed by atoms with van der Waals surface area (Å²) in [5, 5.41) is 10.2. The van der Waals surface area contributed by atoms with Gasteiger partial charge in [-0.25, -0.2) is 0 Å². The summed E-state index contributed by atoms with van der Waals surface area (Å²) in [6.07, 6.45) is 1.49. The zero-order chi connectivity index (χ0) is 25.3. The standard InChI is InChI=1S/C30H32N2O4/c1-21(33)31-16-14-24-7-3-6-23-12-13-27(20-28(23)24)35-18-19-36-29-11-5-10-25-8-4-9-26(30(25)29)15-17-32-22(2)34/h3-13,20H,14-19H2,1-2H3,(H,31,33)(H,32,34). The Morgan fingerprint density at radius 2 is 1.31 bits per heavy atom. The van der Waals surface area contributed by atoms with Crippen LogP contribution >= 0.6 is 0 Å². The summed E-state index contributed by atoms with van der Waals surface area (Å²) in [6.45, 7) is 5.05. The molecule has 4 aromatic rings. The van der Waals surface area contributed by atoms with Gasteiger partial charge in [-0.2, -0.15) is 0 Å². The van der Waals surface area contributed by atoms with Gasteiger partial charge in [0, 0.05) is 32.3 Å². The lowest BCUT2D eigenvalue weighted by Crippen LogP contribution is -2.22. The van der Waals surface area contributed by atoms with E-state index in [4.69, 9.17) is 9.47 Å². The molecular weight excluding hydrogens is 452 g/mol. The number of carbonyl (C=O) groups excluding carboxylic acids is 2. The van der Waals surface area contributed by atoms with Gasteiger partial charge < -0.3 is 20.1 Å². The molecule has 6 heteroatoms. The van der Waals surface area contributed by atoms with Crippen LogP contribution in [0.2, 0.25) is 0 Å². The van der Waals surface area contributed by atoms with E-state index >= 15 is 0 Å². The second-order valence-electron chi connectivity index (χ2n) is 8.73. The number of amides is 2. The average molecular weight is 485 g/mol. The Labute approximate surface area is 211 Å². The number of fused-ring (bicyclic) bond motifs is 2. The Kier molecular flexibility index (Phi) is 8.40. The molecule has 0 unspecified atom stereocenters. The molecule has 0 bridgehead atoms. The van der Waals surface area contributed by atoms with Gasteiger partial charge >= 0.3 is 0 Å². The molecule has 0 aliphatic rings. The maximum atomic E-state index is 11.3. The van der Waals surface area contributed by atoms with E-state index in [2.05, 4.69) is 53.1 Å². The van der Waals surface area contributed by atoms with E-state index in [1.807, 2.05) is 30.3 Å². The molecule has 0 aromatic heterocycles. The minimum atomic E-state index is -0.0302. The molecule has 6 nitrogen and oxygen atoms in total. The molecule has 186 valence electrons. The summed E-state index contributed by atoms with van der Waals surface area (Å²) in [7, 11) is 0. The largest absolute Gasteiger partial charge is 0.490 e. The molecule has 0 atom stereocenters. The second kappa shape index (κ2) is 12.1. The van der Waals surface area contributed by atoms with Gasteiger partial charge in [0.15, 0.2) is 0 Å². The third kappa shape index (κ3) is 6.54. The average Bonchev–Trinajstić information content (AvgIpc) is 2.86. The third-order valence-corrected chi connectivity index (χ3v) is 6.04. The summed E-state index contributed by atoms with van der Waals surface area (Å²) >= 11 is 0. The van der Waals surface area contributed by atoms with E-state index in [1.165, 1.54) is 19.4 Å². The number of rotatable bonds is 11. The van der Waals surface area contributed by atoms with Crippen LogP contribution in [0.25, 0.3) is 21.5 Å². The van der Waals surface area contributed by atoms with Gasteiger partial charge in [-0.3, -0.25) is 9.59 Å². The predicted molar refractivity (Wildman–Crippen MR) is 144 cm³/mol. The highest BCUT2D eigenvalue weighted by Crippen LogP contribution is 2.30. The predicted octanol–water partition coefficient (Wildman–Crippen LogP) is 4.81. The Morgan fingerprint density at radius 1 is 0.694 bits per heavy atom. The molecule has 0 saturated carbocycles. The maximum absolute atomic E-state index is 11.3. The molecule has 36 heavy (non-hydrogen) atoms.